The van der Waals surface area contributed by atoms with Gasteiger partial charge in [-0.1, -0.05) is 62.4 Å². The quantitative estimate of drug-likeness (QED) is 0.888. The third-order valence-electron chi connectivity index (χ3n) is 3.53. The fourth-order valence-electron chi connectivity index (χ4n) is 2.22. The zero-order valence-corrected chi connectivity index (χ0v) is 12.3. The van der Waals surface area contributed by atoms with Crippen LogP contribution < -0.4 is 0 Å². The number of benzene rings is 2. The van der Waals surface area contributed by atoms with Crippen LogP contribution in [-0.4, -0.2) is 12.2 Å². The molecule has 20 heavy (non-hydrogen) atoms. The van der Waals surface area contributed by atoms with Gasteiger partial charge in [-0.2, -0.15) is 0 Å². The van der Waals surface area contributed by atoms with Crippen molar-refractivity contribution in [3.63, 3.8) is 0 Å². The molecule has 0 aliphatic carbocycles. The van der Waals surface area contributed by atoms with Crippen LogP contribution in [-0.2, 0) is 11.3 Å². The summed E-state index contributed by atoms with van der Waals surface area (Å²) in [6.45, 7) is 4.93. The Hall–Kier alpha value is -1.64. The predicted molar refractivity (Wildman–Crippen MR) is 81.7 cm³/mol. The van der Waals surface area contributed by atoms with E-state index in [1.54, 1.807) is 7.11 Å². The molecule has 0 aromatic heterocycles. The van der Waals surface area contributed by atoms with E-state index in [2.05, 4.69) is 26.0 Å². The van der Waals surface area contributed by atoms with E-state index in [9.17, 15) is 5.11 Å². The Morgan fingerprint density at radius 1 is 0.850 bits per heavy atom. The maximum atomic E-state index is 10.4. The first-order valence-electron chi connectivity index (χ1n) is 6.97. The van der Waals surface area contributed by atoms with Crippen molar-refractivity contribution in [1.82, 2.24) is 0 Å². The van der Waals surface area contributed by atoms with Crippen molar-refractivity contribution in [2.24, 2.45) is 0 Å². The highest BCUT2D eigenvalue weighted by Crippen LogP contribution is 2.24. The highest BCUT2D eigenvalue weighted by Gasteiger charge is 2.10. The maximum Gasteiger partial charge on any atom is 0.104 e. The summed E-state index contributed by atoms with van der Waals surface area (Å²) in [6.07, 6.45) is -0.576. The van der Waals surface area contributed by atoms with E-state index in [1.807, 2.05) is 36.4 Å². The number of rotatable bonds is 5. The van der Waals surface area contributed by atoms with Crippen LogP contribution in [0.2, 0.25) is 0 Å². The standard InChI is InChI=1S/C18H22O2/c1-13(2)15-8-10-17(11-9-15)18(19)16-6-4-14(5-7-16)12-20-3/h4-11,13,18-19H,12H2,1-3H3. The van der Waals surface area contributed by atoms with Crippen LogP contribution in [0.5, 0.6) is 0 Å². The average Bonchev–Trinajstić information content (AvgIpc) is 2.48. The summed E-state index contributed by atoms with van der Waals surface area (Å²) in [5.41, 5.74) is 4.23. The number of hydrogen-bond donors (Lipinski definition) is 1. The van der Waals surface area contributed by atoms with E-state index in [1.165, 1.54) is 5.56 Å². The van der Waals surface area contributed by atoms with Gasteiger partial charge in [0.1, 0.15) is 6.10 Å². The highest BCUT2D eigenvalue weighted by molar-refractivity contribution is 5.34. The van der Waals surface area contributed by atoms with E-state index in [0.29, 0.717) is 12.5 Å². The molecule has 0 radical (unpaired) electrons. The second kappa shape index (κ2) is 6.69. The Labute approximate surface area is 121 Å². The van der Waals surface area contributed by atoms with Crippen LogP contribution in [0.1, 0.15) is 48.1 Å². The summed E-state index contributed by atoms with van der Waals surface area (Å²) in [6, 6.07) is 16.1. The predicted octanol–water partition coefficient (Wildman–Crippen LogP) is 4.04. The van der Waals surface area contributed by atoms with Crippen molar-refractivity contribution in [3.05, 3.63) is 70.8 Å². The van der Waals surface area contributed by atoms with Gasteiger partial charge in [0.15, 0.2) is 0 Å². The van der Waals surface area contributed by atoms with Crippen molar-refractivity contribution < 1.29 is 9.84 Å². The van der Waals surface area contributed by atoms with Gasteiger partial charge in [0, 0.05) is 7.11 Å². The lowest BCUT2D eigenvalue weighted by Gasteiger charge is -2.13. The molecule has 0 heterocycles. The van der Waals surface area contributed by atoms with Gasteiger partial charge in [0.25, 0.3) is 0 Å². The van der Waals surface area contributed by atoms with Crippen LogP contribution >= 0.6 is 0 Å². The van der Waals surface area contributed by atoms with Crippen LogP contribution in [0.3, 0.4) is 0 Å². The molecule has 2 aromatic rings. The van der Waals surface area contributed by atoms with Gasteiger partial charge in [-0.3, -0.25) is 0 Å². The van der Waals surface area contributed by atoms with Gasteiger partial charge in [0.05, 0.1) is 6.61 Å². The van der Waals surface area contributed by atoms with Gasteiger partial charge in [-0.25, -0.2) is 0 Å². The van der Waals surface area contributed by atoms with Crippen LogP contribution in [0.25, 0.3) is 0 Å². The van der Waals surface area contributed by atoms with Gasteiger partial charge in [0.2, 0.25) is 0 Å². The van der Waals surface area contributed by atoms with Crippen LogP contribution in [0, 0.1) is 0 Å². The molecule has 0 fully saturated rings. The third-order valence-corrected chi connectivity index (χ3v) is 3.53. The first-order chi connectivity index (χ1) is 9.61. The number of ether oxygens (including phenoxy) is 1. The molecule has 1 N–H and O–H groups in total. The normalized spacial score (nSPS) is 12.7. The van der Waals surface area contributed by atoms with Crippen molar-refractivity contribution in [2.45, 2.75) is 32.5 Å². The number of aliphatic hydroxyl groups excluding tert-OH is 1. The molecule has 1 unspecified atom stereocenters. The molecule has 2 nitrogen and oxygen atoms in total. The molecule has 1 atom stereocenters. The second-order valence-electron chi connectivity index (χ2n) is 5.40. The molecule has 2 aromatic carbocycles. The monoisotopic (exact) mass is 270 g/mol. The summed E-state index contributed by atoms with van der Waals surface area (Å²) < 4.78 is 5.09. The smallest absolute Gasteiger partial charge is 0.104 e. The summed E-state index contributed by atoms with van der Waals surface area (Å²) in [7, 11) is 1.68. The SMILES string of the molecule is COCc1ccc(C(O)c2ccc(C(C)C)cc2)cc1. The molecule has 0 bridgehead atoms. The molecule has 0 saturated heterocycles. The molecule has 0 saturated carbocycles. The maximum absolute atomic E-state index is 10.4. The zero-order chi connectivity index (χ0) is 14.5. The van der Waals surface area contributed by atoms with Crippen molar-refractivity contribution in [2.75, 3.05) is 7.11 Å². The van der Waals surface area contributed by atoms with E-state index in [0.717, 1.165) is 16.7 Å². The molecule has 0 spiro atoms. The van der Waals surface area contributed by atoms with E-state index in [4.69, 9.17) is 4.74 Å². The first kappa shape index (κ1) is 14.8. The Morgan fingerprint density at radius 2 is 1.30 bits per heavy atom. The summed E-state index contributed by atoms with van der Waals surface area (Å²) >= 11 is 0. The fourth-order valence-corrected chi connectivity index (χ4v) is 2.22. The Balaban J connectivity index is 2.15. The van der Waals surface area contributed by atoms with Gasteiger partial charge in [-0.15, -0.1) is 0 Å². The number of aliphatic hydroxyl groups is 1. The Morgan fingerprint density at radius 3 is 1.75 bits per heavy atom. The highest BCUT2D eigenvalue weighted by atomic mass is 16.5. The van der Waals surface area contributed by atoms with Crippen molar-refractivity contribution >= 4 is 0 Å². The molecule has 0 aliphatic heterocycles. The fraction of sp³-hybridized carbons (Fsp3) is 0.333. The minimum absolute atomic E-state index is 0.509. The van der Waals surface area contributed by atoms with E-state index >= 15 is 0 Å². The molecular weight excluding hydrogens is 248 g/mol. The molecule has 106 valence electrons. The lowest BCUT2D eigenvalue weighted by atomic mass is 9.96. The van der Waals surface area contributed by atoms with E-state index < -0.39 is 6.10 Å². The lowest BCUT2D eigenvalue weighted by molar-refractivity contribution is 0.184. The van der Waals surface area contributed by atoms with Gasteiger partial charge < -0.3 is 9.84 Å². The van der Waals surface area contributed by atoms with E-state index in [-0.39, 0.29) is 0 Å². The van der Waals surface area contributed by atoms with Gasteiger partial charge in [-0.05, 0) is 28.2 Å². The van der Waals surface area contributed by atoms with Crippen LogP contribution in [0.4, 0.5) is 0 Å². The summed E-state index contributed by atoms with van der Waals surface area (Å²) in [4.78, 5) is 0. The molecule has 0 aliphatic rings. The largest absolute Gasteiger partial charge is 0.384 e. The first-order valence-corrected chi connectivity index (χ1v) is 6.97. The summed E-state index contributed by atoms with van der Waals surface area (Å²) in [5, 5.41) is 10.4. The molecule has 0 amide bonds. The average molecular weight is 270 g/mol. The second-order valence-corrected chi connectivity index (χ2v) is 5.40. The minimum atomic E-state index is -0.576. The van der Waals surface area contributed by atoms with Crippen molar-refractivity contribution in [1.29, 1.82) is 0 Å². The summed E-state index contributed by atoms with van der Waals surface area (Å²) in [5.74, 6) is 0.509. The molecule has 2 rings (SSSR count). The van der Waals surface area contributed by atoms with Crippen molar-refractivity contribution in [3.8, 4) is 0 Å². The lowest BCUT2D eigenvalue weighted by Crippen LogP contribution is -2.00. The minimum Gasteiger partial charge on any atom is -0.384 e. The molecule has 2 heteroatoms. The number of hydrogen-bond acceptors (Lipinski definition) is 2. The van der Waals surface area contributed by atoms with Crippen LogP contribution in [0.15, 0.2) is 48.5 Å². The number of methoxy groups -OCH3 is 1. The third kappa shape index (κ3) is 3.47. The Kier molecular flexibility index (Phi) is 4.94. The topological polar surface area (TPSA) is 29.5 Å². The molecular formula is C18H22O2. The zero-order valence-electron chi connectivity index (χ0n) is 12.3. The Bertz CT molecular complexity index is 526. The van der Waals surface area contributed by atoms with Gasteiger partial charge >= 0.3 is 0 Å².